The van der Waals surface area contributed by atoms with Gasteiger partial charge in [-0.1, -0.05) is 129 Å². The third-order valence-electron chi connectivity index (χ3n) is 9.68. The van der Waals surface area contributed by atoms with E-state index in [1.54, 1.807) is 6.20 Å². The molecule has 0 aliphatic heterocycles. The van der Waals surface area contributed by atoms with Crippen LogP contribution in [0.15, 0.2) is 176 Å². The fourth-order valence-corrected chi connectivity index (χ4v) is 7.35. The topological polar surface area (TPSA) is 38.9 Å². The molecule has 0 bridgehead atoms. The second-order valence-electron chi connectivity index (χ2n) is 12.8. The van der Waals surface area contributed by atoms with E-state index in [1.807, 2.05) is 24.4 Å². The van der Waals surface area contributed by atoms with Gasteiger partial charge in [0, 0.05) is 11.8 Å². The average Bonchev–Trinajstić information content (AvgIpc) is 3.19. The number of hydrogen-bond donors (Lipinski definition) is 1. The molecule has 7 aromatic carbocycles. The summed E-state index contributed by atoms with van der Waals surface area (Å²) in [7, 11) is 0. The summed E-state index contributed by atoms with van der Waals surface area (Å²) in [6.45, 7) is 2.21. The Morgan fingerprint density at radius 3 is 1.76 bits per heavy atom. The largest absolute Gasteiger partial charge is 0.405 e. The Labute approximate surface area is 293 Å². The Bertz CT molecular complexity index is 2520. The maximum atomic E-state index is 5.76. The van der Waals surface area contributed by atoms with Gasteiger partial charge in [-0.3, -0.25) is 4.98 Å². The van der Waals surface area contributed by atoms with E-state index in [2.05, 4.69) is 153 Å². The molecule has 0 unspecified atom stereocenters. The summed E-state index contributed by atoms with van der Waals surface area (Å²) in [5.41, 5.74) is 17.4. The van der Waals surface area contributed by atoms with E-state index in [4.69, 9.17) is 10.7 Å². The van der Waals surface area contributed by atoms with Gasteiger partial charge in [-0.25, -0.2) is 0 Å². The van der Waals surface area contributed by atoms with Gasteiger partial charge in [0.2, 0.25) is 0 Å². The van der Waals surface area contributed by atoms with Crippen LogP contribution in [0.25, 0.3) is 82.5 Å². The third kappa shape index (κ3) is 5.86. The van der Waals surface area contributed by atoms with Crippen molar-refractivity contribution < 1.29 is 0 Å². The number of pyridine rings is 1. The van der Waals surface area contributed by atoms with Gasteiger partial charge in [0.05, 0.1) is 5.69 Å². The summed E-state index contributed by atoms with van der Waals surface area (Å²) in [5.74, 6) is 0. The van der Waals surface area contributed by atoms with E-state index >= 15 is 0 Å². The van der Waals surface area contributed by atoms with Crippen LogP contribution < -0.4 is 5.73 Å². The van der Waals surface area contributed by atoms with Crippen molar-refractivity contribution in [3.05, 3.63) is 182 Å². The summed E-state index contributed by atoms with van der Waals surface area (Å²) in [5, 5.41) is 7.71. The highest BCUT2D eigenvalue weighted by atomic mass is 14.7. The summed E-state index contributed by atoms with van der Waals surface area (Å²) in [6.07, 6.45) is 9.51. The van der Waals surface area contributed by atoms with Gasteiger partial charge >= 0.3 is 0 Å². The van der Waals surface area contributed by atoms with Crippen LogP contribution in [0.2, 0.25) is 0 Å². The highest BCUT2D eigenvalue weighted by Gasteiger charge is 2.14. The molecule has 0 spiro atoms. The lowest BCUT2D eigenvalue weighted by Gasteiger charge is -2.16. The zero-order valence-corrected chi connectivity index (χ0v) is 28.2. The molecular formula is C48H38N2. The Morgan fingerprint density at radius 2 is 1.10 bits per heavy atom. The molecule has 0 atom stereocenters. The van der Waals surface area contributed by atoms with Crippen molar-refractivity contribution in [2.75, 3.05) is 0 Å². The van der Waals surface area contributed by atoms with E-state index in [-0.39, 0.29) is 0 Å². The zero-order valence-electron chi connectivity index (χ0n) is 28.2. The molecule has 2 heteroatoms. The molecule has 0 fully saturated rings. The van der Waals surface area contributed by atoms with Gasteiger partial charge in [-0.2, -0.15) is 0 Å². The second-order valence-corrected chi connectivity index (χ2v) is 12.8. The quantitative estimate of drug-likeness (QED) is 0.132. The summed E-state index contributed by atoms with van der Waals surface area (Å²) >= 11 is 0. The molecular weight excluding hydrogens is 605 g/mol. The van der Waals surface area contributed by atoms with Crippen molar-refractivity contribution >= 4 is 37.9 Å². The lowest BCUT2D eigenvalue weighted by Crippen LogP contribution is -1.92. The van der Waals surface area contributed by atoms with Crippen LogP contribution in [0.5, 0.6) is 0 Å². The van der Waals surface area contributed by atoms with Crippen molar-refractivity contribution in [2.24, 2.45) is 5.73 Å². The standard InChI is InChI=1S/C48H38N2/c1-2-13-33(16-12-26-49)37-29-38(31-39(30-37)48-23-9-10-27-50-48)34-14-11-15-35(28-34)40-17-3-4-18-41(40)36-24-25-46-44-21-6-5-19-42(44)43-20-7-8-22-45(43)47(46)32-36/h3-12,14-32H,2,13,49H2,1H3/b26-12-,33-16+. The number of rotatable bonds is 8. The first kappa shape index (κ1) is 31.0. The van der Waals surface area contributed by atoms with E-state index in [1.165, 1.54) is 65.7 Å². The molecule has 0 saturated carbocycles. The van der Waals surface area contributed by atoms with Gasteiger partial charge in [0.1, 0.15) is 0 Å². The fourth-order valence-electron chi connectivity index (χ4n) is 7.35. The van der Waals surface area contributed by atoms with Crippen molar-refractivity contribution in [2.45, 2.75) is 19.8 Å². The number of fused-ring (bicyclic) bond motifs is 6. The Hall–Kier alpha value is -6.25. The molecule has 2 N–H and O–H groups in total. The molecule has 0 amide bonds. The smallest absolute Gasteiger partial charge is 0.0702 e. The van der Waals surface area contributed by atoms with Crippen LogP contribution in [-0.4, -0.2) is 4.98 Å². The predicted octanol–water partition coefficient (Wildman–Crippen LogP) is 12.9. The maximum absolute atomic E-state index is 5.76. The third-order valence-corrected chi connectivity index (χ3v) is 9.68. The highest BCUT2D eigenvalue weighted by molar-refractivity contribution is 6.25. The first-order valence-electron chi connectivity index (χ1n) is 17.4. The van der Waals surface area contributed by atoms with Gasteiger partial charge in [-0.15, -0.1) is 0 Å². The molecule has 0 aliphatic carbocycles. The van der Waals surface area contributed by atoms with Crippen molar-refractivity contribution in [3.63, 3.8) is 0 Å². The van der Waals surface area contributed by atoms with Crippen LogP contribution >= 0.6 is 0 Å². The Morgan fingerprint density at radius 1 is 0.520 bits per heavy atom. The number of hydrogen-bond acceptors (Lipinski definition) is 2. The minimum atomic E-state index is 0.957. The predicted molar refractivity (Wildman–Crippen MR) is 215 cm³/mol. The van der Waals surface area contributed by atoms with Crippen LogP contribution in [0.4, 0.5) is 0 Å². The summed E-state index contributed by atoms with van der Waals surface area (Å²) < 4.78 is 0. The highest BCUT2D eigenvalue weighted by Crippen LogP contribution is 2.40. The average molecular weight is 643 g/mol. The zero-order chi connectivity index (χ0) is 33.9. The summed E-state index contributed by atoms with van der Waals surface area (Å²) in [4.78, 5) is 4.71. The van der Waals surface area contributed by atoms with E-state index in [0.717, 1.165) is 35.2 Å². The number of nitrogens with zero attached hydrogens (tertiary/aromatic N) is 1. The maximum Gasteiger partial charge on any atom is 0.0702 e. The van der Waals surface area contributed by atoms with E-state index < -0.39 is 0 Å². The van der Waals surface area contributed by atoms with Crippen molar-refractivity contribution in [1.82, 2.24) is 4.98 Å². The first-order chi connectivity index (χ1) is 24.7. The normalized spacial score (nSPS) is 12.0. The van der Waals surface area contributed by atoms with Crippen LogP contribution in [0.1, 0.15) is 25.3 Å². The molecule has 50 heavy (non-hydrogen) atoms. The lowest BCUT2D eigenvalue weighted by molar-refractivity contribution is 0.973. The molecule has 240 valence electrons. The molecule has 0 aliphatic rings. The minimum Gasteiger partial charge on any atom is -0.405 e. The van der Waals surface area contributed by atoms with Gasteiger partial charge in [-0.05, 0) is 138 Å². The molecule has 0 saturated heterocycles. The first-order valence-corrected chi connectivity index (χ1v) is 17.4. The molecule has 1 heterocycles. The van der Waals surface area contributed by atoms with Crippen LogP contribution in [0.3, 0.4) is 0 Å². The van der Waals surface area contributed by atoms with Crippen molar-refractivity contribution in [1.29, 1.82) is 0 Å². The van der Waals surface area contributed by atoms with Gasteiger partial charge in [0.15, 0.2) is 0 Å². The Kier molecular flexibility index (Phi) is 8.51. The number of aromatic nitrogens is 1. The molecule has 8 rings (SSSR count). The number of benzene rings is 7. The van der Waals surface area contributed by atoms with E-state index in [0.29, 0.717) is 0 Å². The fraction of sp³-hybridized carbons (Fsp3) is 0.0625. The SMILES string of the molecule is CCC/C(=C\C=C/N)c1cc(-c2cccc(-c3ccccc3-c3ccc4c5ccccc5c5ccccc5c4c3)c2)cc(-c2ccccn2)c1. The number of allylic oxidation sites excluding steroid dienone is 3. The van der Waals surface area contributed by atoms with Gasteiger partial charge < -0.3 is 5.73 Å². The minimum absolute atomic E-state index is 0.957. The summed E-state index contributed by atoms with van der Waals surface area (Å²) in [6, 6.07) is 55.1. The van der Waals surface area contributed by atoms with E-state index in [9.17, 15) is 0 Å². The van der Waals surface area contributed by atoms with Crippen molar-refractivity contribution in [3.8, 4) is 44.6 Å². The van der Waals surface area contributed by atoms with Crippen LogP contribution in [0, 0.1) is 0 Å². The Balaban J connectivity index is 1.27. The lowest BCUT2D eigenvalue weighted by atomic mass is 9.88. The monoisotopic (exact) mass is 642 g/mol. The molecule has 2 nitrogen and oxygen atoms in total. The molecule has 1 aromatic heterocycles. The number of nitrogens with two attached hydrogens (primary N) is 1. The second kappa shape index (κ2) is 13.7. The van der Waals surface area contributed by atoms with Crippen LogP contribution in [-0.2, 0) is 0 Å². The van der Waals surface area contributed by atoms with Gasteiger partial charge in [0.25, 0.3) is 0 Å². The molecule has 0 radical (unpaired) electrons. The molecule has 8 aromatic rings.